The fraction of sp³-hybridized carbons (Fsp3) is 0. The average molecular weight is 354 g/mol. The van der Waals surface area contributed by atoms with E-state index in [1.807, 2.05) is 54.7 Å². The molecule has 118 valence electrons. The van der Waals surface area contributed by atoms with E-state index in [-0.39, 0.29) is 0 Å². The van der Waals surface area contributed by atoms with Crippen molar-refractivity contribution in [1.82, 2.24) is 19.9 Å². The molecule has 2 aromatic carbocycles. The van der Waals surface area contributed by atoms with E-state index in [0.29, 0.717) is 15.6 Å². The summed E-state index contributed by atoms with van der Waals surface area (Å²) >= 11 is 11.3. The van der Waals surface area contributed by atoms with Crippen LogP contribution in [0.2, 0.25) is 5.02 Å². The summed E-state index contributed by atoms with van der Waals surface area (Å²) in [6.45, 7) is 0. The lowest BCUT2D eigenvalue weighted by atomic mass is 10.2. The second kappa shape index (κ2) is 6.07. The Morgan fingerprint density at radius 3 is 2.92 bits per heavy atom. The number of para-hydroxylation sites is 1. The smallest absolute Gasteiger partial charge is 0.216 e. The van der Waals surface area contributed by atoms with Gasteiger partial charge in [-0.05, 0) is 30.4 Å². The monoisotopic (exact) mass is 353 g/mol. The van der Waals surface area contributed by atoms with Crippen LogP contribution < -0.4 is 0 Å². The van der Waals surface area contributed by atoms with Gasteiger partial charge in [0.1, 0.15) is 0 Å². The zero-order valence-corrected chi connectivity index (χ0v) is 14.0. The fourth-order valence-corrected chi connectivity index (χ4v) is 2.90. The molecule has 0 aliphatic rings. The van der Waals surface area contributed by atoms with Crippen LogP contribution in [0.5, 0.6) is 0 Å². The van der Waals surface area contributed by atoms with Crippen molar-refractivity contribution in [2.24, 2.45) is 5.10 Å². The molecule has 2 aromatic heterocycles. The van der Waals surface area contributed by atoms with Gasteiger partial charge < -0.3 is 4.98 Å². The maximum absolute atomic E-state index is 6.06. The molecular weight excluding hydrogens is 342 g/mol. The highest BCUT2D eigenvalue weighted by atomic mass is 35.5. The molecule has 0 aliphatic heterocycles. The number of fused-ring (bicyclic) bond motifs is 1. The van der Waals surface area contributed by atoms with Gasteiger partial charge in [-0.25, -0.2) is 5.10 Å². The van der Waals surface area contributed by atoms with Crippen molar-refractivity contribution in [3.8, 4) is 11.4 Å². The second-order valence-electron chi connectivity index (χ2n) is 5.21. The topological polar surface area (TPSA) is 61.8 Å². The molecule has 5 nitrogen and oxygen atoms in total. The fourth-order valence-electron chi connectivity index (χ4n) is 2.53. The first-order valence-corrected chi connectivity index (χ1v) is 8.05. The van der Waals surface area contributed by atoms with Gasteiger partial charge in [0.05, 0.1) is 6.21 Å². The third kappa shape index (κ3) is 2.66. The highest BCUT2D eigenvalue weighted by Gasteiger charge is 2.08. The number of nitrogens with zero attached hydrogens (tertiary/aromatic N) is 3. The van der Waals surface area contributed by atoms with Crippen molar-refractivity contribution in [2.75, 3.05) is 0 Å². The van der Waals surface area contributed by atoms with E-state index in [2.05, 4.69) is 20.3 Å². The molecule has 2 heterocycles. The van der Waals surface area contributed by atoms with Crippen molar-refractivity contribution in [3.63, 3.8) is 0 Å². The maximum atomic E-state index is 6.06. The first-order valence-electron chi connectivity index (χ1n) is 7.26. The van der Waals surface area contributed by atoms with E-state index in [4.69, 9.17) is 23.8 Å². The van der Waals surface area contributed by atoms with Crippen LogP contribution >= 0.6 is 23.8 Å². The molecule has 7 heteroatoms. The van der Waals surface area contributed by atoms with E-state index in [9.17, 15) is 0 Å². The number of benzene rings is 2. The number of rotatable bonds is 3. The van der Waals surface area contributed by atoms with Crippen LogP contribution in [-0.2, 0) is 0 Å². The van der Waals surface area contributed by atoms with Crippen molar-refractivity contribution >= 4 is 40.9 Å². The van der Waals surface area contributed by atoms with Gasteiger partial charge in [-0.2, -0.15) is 14.9 Å². The van der Waals surface area contributed by atoms with E-state index in [1.165, 1.54) is 0 Å². The molecule has 0 fully saturated rings. The SMILES string of the molecule is S=c1[nH]nc(-c2cccc(Cl)c2)n1N=Cc1c[nH]c2ccccc12. The third-order valence-electron chi connectivity index (χ3n) is 3.67. The summed E-state index contributed by atoms with van der Waals surface area (Å²) in [6, 6.07) is 15.5. The van der Waals surface area contributed by atoms with Crippen molar-refractivity contribution in [1.29, 1.82) is 0 Å². The standard InChI is InChI=1S/C17H12ClN5S/c18-13-5-3-4-11(8-13)16-21-22-17(24)23(16)20-10-12-9-19-15-7-2-1-6-14(12)15/h1-10,19H,(H,22,24). The lowest BCUT2D eigenvalue weighted by Crippen LogP contribution is -1.94. The Labute approximate surface area is 147 Å². The van der Waals surface area contributed by atoms with Crippen LogP contribution in [0.4, 0.5) is 0 Å². The summed E-state index contributed by atoms with van der Waals surface area (Å²) in [7, 11) is 0. The van der Waals surface area contributed by atoms with Gasteiger partial charge >= 0.3 is 0 Å². The van der Waals surface area contributed by atoms with Gasteiger partial charge in [0.15, 0.2) is 5.82 Å². The Bertz CT molecular complexity index is 1110. The quantitative estimate of drug-likeness (QED) is 0.417. The Morgan fingerprint density at radius 1 is 1.17 bits per heavy atom. The Hall–Kier alpha value is -2.70. The summed E-state index contributed by atoms with van der Waals surface area (Å²) in [5.74, 6) is 0.610. The van der Waals surface area contributed by atoms with Crippen molar-refractivity contribution in [2.45, 2.75) is 0 Å². The summed E-state index contributed by atoms with van der Waals surface area (Å²) in [5.41, 5.74) is 2.88. The number of hydrogen-bond acceptors (Lipinski definition) is 3. The van der Waals surface area contributed by atoms with E-state index in [1.54, 1.807) is 10.9 Å². The lowest BCUT2D eigenvalue weighted by Gasteiger charge is -2.01. The van der Waals surface area contributed by atoms with Crippen molar-refractivity contribution < 1.29 is 0 Å². The predicted octanol–water partition coefficient (Wildman–Crippen LogP) is 4.62. The molecule has 4 rings (SSSR count). The third-order valence-corrected chi connectivity index (χ3v) is 4.17. The molecule has 2 N–H and O–H groups in total. The Kier molecular flexibility index (Phi) is 3.76. The van der Waals surface area contributed by atoms with Gasteiger partial charge in [0.2, 0.25) is 4.77 Å². The molecule has 0 amide bonds. The highest BCUT2D eigenvalue weighted by Crippen LogP contribution is 2.21. The summed E-state index contributed by atoms with van der Waals surface area (Å²) in [6.07, 6.45) is 3.68. The lowest BCUT2D eigenvalue weighted by molar-refractivity contribution is 0.872. The minimum absolute atomic E-state index is 0.418. The molecule has 4 aromatic rings. The number of aromatic nitrogens is 4. The van der Waals surface area contributed by atoms with E-state index in [0.717, 1.165) is 22.0 Å². The molecule has 0 saturated heterocycles. The largest absolute Gasteiger partial charge is 0.361 e. The normalized spacial score (nSPS) is 11.5. The minimum atomic E-state index is 0.418. The molecule has 0 aliphatic carbocycles. The molecule has 24 heavy (non-hydrogen) atoms. The van der Waals surface area contributed by atoms with Crippen LogP contribution in [0.3, 0.4) is 0 Å². The summed E-state index contributed by atoms with van der Waals surface area (Å²) < 4.78 is 2.00. The van der Waals surface area contributed by atoms with Gasteiger partial charge in [0, 0.05) is 33.2 Å². The number of halogens is 1. The Morgan fingerprint density at radius 2 is 2.04 bits per heavy atom. The molecule has 0 radical (unpaired) electrons. The van der Waals surface area contributed by atoms with Crippen LogP contribution in [0, 0.1) is 4.77 Å². The van der Waals surface area contributed by atoms with Crippen molar-refractivity contribution in [3.05, 3.63) is 70.1 Å². The maximum Gasteiger partial charge on any atom is 0.216 e. The first kappa shape index (κ1) is 14.9. The van der Waals surface area contributed by atoms with Gasteiger partial charge in [-0.1, -0.05) is 41.9 Å². The second-order valence-corrected chi connectivity index (χ2v) is 6.03. The van der Waals surface area contributed by atoms with E-state index >= 15 is 0 Å². The van der Waals surface area contributed by atoms with Gasteiger partial charge in [-0.15, -0.1) is 0 Å². The average Bonchev–Trinajstić information content (AvgIpc) is 3.16. The molecule has 0 spiro atoms. The summed E-state index contributed by atoms with van der Waals surface area (Å²) in [5, 5.41) is 13.3. The molecule has 0 unspecified atom stereocenters. The molecule has 0 saturated carbocycles. The zero-order chi connectivity index (χ0) is 16.5. The number of hydrogen-bond donors (Lipinski definition) is 2. The number of H-pyrrole nitrogens is 2. The first-order chi connectivity index (χ1) is 11.7. The van der Waals surface area contributed by atoms with Gasteiger partial charge in [-0.3, -0.25) is 0 Å². The van der Waals surface area contributed by atoms with Crippen LogP contribution in [-0.4, -0.2) is 26.1 Å². The van der Waals surface area contributed by atoms with Gasteiger partial charge in [0.25, 0.3) is 0 Å². The van der Waals surface area contributed by atoms with E-state index < -0.39 is 0 Å². The molecule has 0 bridgehead atoms. The zero-order valence-electron chi connectivity index (χ0n) is 12.4. The number of aromatic amines is 2. The summed E-state index contributed by atoms with van der Waals surface area (Å²) in [4.78, 5) is 3.22. The number of nitrogens with one attached hydrogen (secondary N) is 2. The van der Waals surface area contributed by atoms with Crippen LogP contribution in [0.1, 0.15) is 5.56 Å². The minimum Gasteiger partial charge on any atom is -0.361 e. The van der Waals surface area contributed by atoms with Crippen LogP contribution in [0.25, 0.3) is 22.3 Å². The Balaban J connectivity index is 1.78. The highest BCUT2D eigenvalue weighted by molar-refractivity contribution is 7.71. The predicted molar refractivity (Wildman–Crippen MR) is 99.1 cm³/mol. The molecular formula is C17H12ClN5S. The molecule has 0 atom stereocenters. The van der Waals surface area contributed by atoms with Crippen LogP contribution in [0.15, 0.2) is 59.8 Å².